The van der Waals surface area contributed by atoms with Crippen LogP contribution in [0.1, 0.15) is 26.5 Å². The number of nitro benzene ring substituents is 1. The summed E-state index contributed by atoms with van der Waals surface area (Å²) in [5.41, 5.74) is -0.0519. The summed E-state index contributed by atoms with van der Waals surface area (Å²) in [7, 11) is 1.38. The molecule has 0 aliphatic heterocycles. The largest absolute Gasteiger partial charge is 0.507 e. The molecule has 3 aromatic rings. The van der Waals surface area contributed by atoms with Crippen molar-refractivity contribution in [2.75, 3.05) is 12.4 Å². The number of nitrogens with one attached hydrogen (secondary N) is 1. The first-order chi connectivity index (χ1) is 14.2. The van der Waals surface area contributed by atoms with Crippen LogP contribution in [0, 0.1) is 17.0 Å². The lowest BCUT2D eigenvalue weighted by molar-refractivity contribution is -0.384. The predicted octanol–water partition coefficient (Wildman–Crippen LogP) is 3.83. The van der Waals surface area contributed by atoms with Crippen LogP contribution in [0.3, 0.4) is 0 Å². The van der Waals surface area contributed by atoms with Gasteiger partial charge in [0.2, 0.25) is 0 Å². The lowest BCUT2D eigenvalue weighted by atomic mass is 10.1. The zero-order chi connectivity index (χ0) is 22.0. The van der Waals surface area contributed by atoms with E-state index in [-0.39, 0.29) is 39.6 Å². The van der Waals surface area contributed by atoms with Crippen LogP contribution in [0.25, 0.3) is 11.3 Å². The maximum atomic E-state index is 12.5. The van der Waals surface area contributed by atoms with Crippen LogP contribution in [0.5, 0.6) is 11.5 Å². The number of carbonyl (C=O) groups excluding carboxylic acids is 1. The number of aryl methyl sites for hydroxylation is 1. The third-order valence-corrected chi connectivity index (χ3v) is 4.29. The normalized spacial score (nSPS) is 10.5. The third kappa shape index (κ3) is 3.92. The van der Waals surface area contributed by atoms with Gasteiger partial charge in [-0.2, -0.15) is 0 Å². The topological polar surface area (TPSA) is 152 Å². The second-order valence-electron chi connectivity index (χ2n) is 6.25. The molecule has 2 aromatic carbocycles. The molecule has 0 bridgehead atoms. The number of furan rings is 1. The summed E-state index contributed by atoms with van der Waals surface area (Å²) in [5, 5.41) is 32.8. The molecule has 0 aliphatic carbocycles. The van der Waals surface area contributed by atoms with E-state index in [0.717, 1.165) is 6.07 Å². The number of ether oxygens (including phenoxy) is 1. The number of carboxylic acid groups (broad SMARTS) is 1. The van der Waals surface area contributed by atoms with E-state index in [1.807, 2.05) is 0 Å². The molecule has 3 N–H and O–H groups in total. The Balaban J connectivity index is 1.90. The molecule has 0 saturated carbocycles. The fraction of sp³-hybridized carbons (Fsp3) is 0.100. The molecule has 1 amide bonds. The van der Waals surface area contributed by atoms with Crippen LogP contribution in [0.2, 0.25) is 0 Å². The van der Waals surface area contributed by atoms with Crippen molar-refractivity contribution in [2.45, 2.75) is 6.92 Å². The van der Waals surface area contributed by atoms with Gasteiger partial charge in [-0.05, 0) is 48.9 Å². The molecule has 10 nitrogen and oxygen atoms in total. The number of nitrogens with zero attached hydrogens (tertiary/aromatic N) is 1. The van der Waals surface area contributed by atoms with Crippen LogP contribution in [-0.2, 0) is 0 Å². The fourth-order valence-corrected chi connectivity index (χ4v) is 2.81. The highest BCUT2D eigenvalue weighted by molar-refractivity contribution is 6.03. The Labute approximate surface area is 169 Å². The van der Waals surface area contributed by atoms with E-state index >= 15 is 0 Å². The molecule has 0 unspecified atom stereocenters. The van der Waals surface area contributed by atoms with E-state index in [0.29, 0.717) is 5.75 Å². The van der Waals surface area contributed by atoms with Crippen molar-refractivity contribution in [1.82, 2.24) is 0 Å². The average molecular weight is 412 g/mol. The first-order valence-electron chi connectivity index (χ1n) is 8.52. The first kappa shape index (κ1) is 20.4. The van der Waals surface area contributed by atoms with Crippen molar-refractivity contribution >= 4 is 23.3 Å². The molecule has 0 atom stereocenters. The van der Waals surface area contributed by atoms with Gasteiger partial charge in [-0.3, -0.25) is 14.9 Å². The summed E-state index contributed by atoms with van der Waals surface area (Å²) in [4.78, 5) is 34.5. The standard InChI is InChI=1S/C20H16N2O8/c1-10-7-11(8-14(18(10)23)20(25)26)21-19(24)17-6-5-16(30-17)13-4-3-12(29-2)9-15(13)22(27)28/h3-9,23H,1-2H3,(H,21,24)(H,25,26). The Kier molecular flexibility index (Phi) is 5.41. The number of carboxylic acids is 1. The number of anilines is 1. The molecule has 0 radical (unpaired) electrons. The van der Waals surface area contributed by atoms with Crippen LogP contribution in [0.15, 0.2) is 46.9 Å². The van der Waals surface area contributed by atoms with E-state index in [4.69, 9.17) is 14.3 Å². The number of benzene rings is 2. The Morgan fingerprint density at radius 3 is 2.53 bits per heavy atom. The molecular weight excluding hydrogens is 396 g/mol. The molecule has 154 valence electrons. The number of carbonyl (C=O) groups is 2. The number of hydrogen-bond donors (Lipinski definition) is 3. The van der Waals surface area contributed by atoms with Crippen molar-refractivity contribution in [3.8, 4) is 22.8 Å². The molecular formula is C20H16N2O8. The average Bonchev–Trinajstić information content (AvgIpc) is 3.20. The molecule has 1 aromatic heterocycles. The SMILES string of the molecule is COc1ccc(-c2ccc(C(=O)Nc3cc(C)c(O)c(C(=O)O)c3)o2)c([N+](=O)[O-])c1. The highest BCUT2D eigenvalue weighted by Crippen LogP contribution is 2.34. The van der Waals surface area contributed by atoms with Crippen molar-refractivity contribution in [1.29, 1.82) is 0 Å². The van der Waals surface area contributed by atoms with Crippen molar-refractivity contribution < 1.29 is 33.9 Å². The minimum absolute atomic E-state index is 0.0996. The molecule has 1 heterocycles. The van der Waals surface area contributed by atoms with Crippen molar-refractivity contribution in [3.05, 3.63) is 69.5 Å². The molecule has 10 heteroatoms. The van der Waals surface area contributed by atoms with Gasteiger partial charge in [0.15, 0.2) is 5.76 Å². The van der Waals surface area contributed by atoms with Gasteiger partial charge in [0.05, 0.1) is 23.7 Å². The molecule has 0 spiro atoms. The van der Waals surface area contributed by atoms with Gasteiger partial charge in [-0.15, -0.1) is 0 Å². The minimum Gasteiger partial charge on any atom is -0.507 e. The summed E-state index contributed by atoms with van der Waals surface area (Å²) in [5.74, 6) is -2.18. The fourth-order valence-electron chi connectivity index (χ4n) is 2.81. The first-order valence-corrected chi connectivity index (χ1v) is 8.52. The summed E-state index contributed by atoms with van der Waals surface area (Å²) in [6.45, 7) is 1.49. The number of aromatic hydroxyl groups is 1. The van der Waals surface area contributed by atoms with Crippen molar-refractivity contribution in [2.24, 2.45) is 0 Å². The van der Waals surface area contributed by atoms with Gasteiger partial charge in [0, 0.05) is 5.69 Å². The maximum Gasteiger partial charge on any atom is 0.339 e. The van der Waals surface area contributed by atoms with Crippen molar-refractivity contribution in [3.63, 3.8) is 0 Å². The maximum absolute atomic E-state index is 12.5. The molecule has 30 heavy (non-hydrogen) atoms. The van der Waals surface area contributed by atoms with Gasteiger partial charge in [-0.25, -0.2) is 4.79 Å². The highest BCUT2D eigenvalue weighted by atomic mass is 16.6. The van der Waals surface area contributed by atoms with Crippen LogP contribution in [0.4, 0.5) is 11.4 Å². The van der Waals surface area contributed by atoms with Crippen LogP contribution < -0.4 is 10.1 Å². The van der Waals surface area contributed by atoms with E-state index in [1.54, 1.807) is 0 Å². The highest BCUT2D eigenvalue weighted by Gasteiger charge is 2.21. The summed E-state index contributed by atoms with van der Waals surface area (Å²) in [6, 6.07) is 9.47. The third-order valence-electron chi connectivity index (χ3n) is 4.29. The second kappa shape index (κ2) is 7.95. The van der Waals surface area contributed by atoms with Gasteiger partial charge < -0.3 is 24.7 Å². The molecule has 3 rings (SSSR count). The molecule has 0 saturated heterocycles. The summed E-state index contributed by atoms with van der Waals surface area (Å²) < 4.78 is 10.5. The quantitative estimate of drug-likeness (QED) is 0.314. The number of rotatable bonds is 6. The monoisotopic (exact) mass is 412 g/mol. The van der Waals surface area contributed by atoms with Gasteiger partial charge in [-0.1, -0.05) is 0 Å². The summed E-state index contributed by atoms with van der Waals surface area (Å²) in [6.07, 6.45) is 0. The van der Waals surface area contributed by atoms with Gasteiger partial charge >= 0.3 is 5.97 Å². The van der Waals surface area contributed by atoms with Gasteiger partial charge in [0.1, 0.15) is 22.8 Å². The molecule has 0 aliphatic rings. The summed E-state index contributed by atoms with van der Waals surface area (Å²) >= 11 is 0. The smallest absolute Gasteiger partial charge is 0.339 e. The predicted molar refractivity (Wildman–Crippen MR) is 105 cm³/mol. The number of aromatic carboxylic acids is 1. The Bertz CT molecular complexity index is 1170. The van der Waals surface area contributed by atoms with E-state index in [1.165, 1.54) is 50.4 Å². The van der Waals surface area contributed by atoms with E-state index < -0.39 is 22.5 Å². The number of amides is 1. The van der Waals surface area contributed by atoms with Gasteiger partial charge in [0.25, 0.3) is 11.6 Å². The minimum atomic E-state index is -1.35. The number of phenols is 1. The number of nitro groups is 1. The lowest BCUT2D eigenvalue weighted by Crippen LogP contribution is -2.12. The van der Waals surface area contributed by atoms with E-state index in [9.17, 15) is 24.8 Å². The Morgan fingerprint density at radius 1 is 1.17 bits per heavy atom. The molecule has 0 fully saturated rings. The van der Waals surface area contributed by atoms with Crippen LogP contribution in [-0.4, -0.2) is 34.1 Å². The Hall–Kier alpha value is -4.34. The second-order valence-corrected chi connectivity index (χ2v) is 6.25. The van der Waals surface area contributed by atoms with Crippen LogP contribution >= 0.6 is 0 Å². The lowest BCUT2D eigenvalue weighted by Gasteiger charge is -2.09. The Morgan fingerprint density at radius 2 is 1.90 bits per heavy atom. The zero-order valence-electron chi connectivity index (χ0n) is 15.8. The van der Waals surface area contributed by atoms with E-state index in [2.05, 4.69) is 5.32 Å². The zero-order valence-corrected chi connectivity index (χ0v) is 15.8. The number of methoxy groups -OCH3 is 1. The number of hydrogen-bond acceptors (Lipinski definition) is 7.